The van der Waals surface area contributed by atoms with E-state index in [1.807, 2.05) is 30.3 Å². The van der Waals surface area contributed by atoms with Crippen molar-refractivity contribution in [3.8, 4) is 5.75 Å². The number of benzene rings is 2. The van der Waals surface area contributed by atoms with Crippen LogP contribution in [-0.2, 0) is 0 Å². The van der Waals surface area contributed by atoms with Crippen molar-refractivity contribution in [3.63, 3.8) is 0 Å². The van der Waals surface area contributed by atoms with Gasteiger partial charge in [-0.2, -0.15) is 0 Å². The molecule has 0 saturated carbocycles. The van der Waals surface area contributed by atoms with Gasteiger partial charge in [0.1, 0.15) is 12.4 Å². The lowest BCUT2D eigenvalue weighted by Gasteiger charge is -2.18. The largest absolute Gasteiger partial charge is 0.492 e. The summed E-state index contributed by atoms with van der Waals surface area (Å²) in [6, 6.07) is 14.3. The summed E-state index contributed by atoms with van der Waals surface area (Å²) in [7, 11) is 1.72. The average Bonchev–Trinajstić information content (AvgIpc) is 2.46. The Bertz CT molecular complexity index is 594. The lowest BCUT2D eigenvalue weighted by atomic mass is 10.1. The standard InChI is InChI=1S/C16H19N3O2/c1-19(7-8-21-15-5-3-2-4-6-15)16(20)12-9-13(17)11-14(18)10-12/h2-6,9-11H,7-8,17-18H2,1H3. The summed E-state index contributed by atoms with van der Waals surface area (Å²) in [5, 5.41) is 0. The summed E-state index contributed by atoms with van der Waals surface area (Å²) in [6.07, 6.45) is 0. The maximum Gasteiger partial charge on any atom is 0.253 e. The van der Waals surface area contributed by atoms with Crippen LogP contribution in [0.1, 0.15) is 10.4 Å². The molecule has 21 heavy (non-hydrogen) atoms. The van der Waals surface area contributed by atoms with Crippen molar-refractivity contribution in [2.24, 2.45) is 0 Å². The second kappa shape index (κ2) is 6.65. The Hall–Kier alpha value is -2.69. The van der Waals surface area contributed by atoms with Crippen molar-refractivity contribution in [3.05, 3.63) is 54.1 Å². The summed E-state index contributed by atoms with van der Waals surface area (Å²) in [5.41, 5.74) is 12.8. The van der Waals surface area contributed by atoms with Gasteiger partial charge >= 0.3 is 0 Å². The van der Waals surface area contributed by atoms with Gasteiger partial charge in [-0.05, 0) is 30.3 Å². The van der Waals surface area contributed by atoms with E-state index in [1.165, 1.54) is 0 Å². The van der Waals surface area contributed by atoms with Gasteiger partial charge in [0.25, 0.3) is 5.91 Å². The lowest BCUT2D eigenvalue weighted by molar-refractivity contribution is 0.0774. The highest BCUT2D eigenvalue weighted by atomic mass is 16.5. The van der Waals surface area contributed by atoms with E-state index in [0.29, 0.717) is 30.1 Å². The molecule has 0 aliphatic carbocycles. The van der Waals surface area contributed by atoms with E-state index in [1.54, 1.807) is 30.1 Å². The smallest absolute Gasteiger partial charge is 0.253 e. The average molecular weight is 285 g/mol. The van der Waals surface area contributed by atoms with E-state index < -0.39 is 0 Å². The van der Waals surface area contributed by atoms with E-state index in [4.69, 9.17) is 16.2 Å². The molecule has 5 nitrogen and oxygen atoms in total. The number of rotatable bonds is 5. The molecule has 0 heterocycles. The number of nitrogens with zero attached hydrogens (tertiary/aromatic N) is 1. The molecule has 1 amide bonds. The van der Waals surface area contributed by atoms with Crippen LogP contribution in [0.4, 0.5) is 11.4 Å². The first-order valence-corrected chi connectivity index (χ1v) is 6.65. The third-order valence-corrected chi connectivity index (χ3v) is 3.01. The van der Waals surface area contributed by atoms with Crippen molar-refractivity contribution in [2.45, 2.75) is 0 Å². The van der Waals surface area contributed by atoms with Crippen molar-refractivity contribution in [1.82, 2.24) is 4.90 Å². The Morgan fingerprint density at radius 3 is 2.33 bits per heavy atom. The minimum atomic E-state index is -0.134. The highest BCUT2D eigenvalue weighted by molar-refractivity contribution is 5.95. The van der Waals surface area contributed by atoms with Gasteiger partial charge in [-0.3, -0.25) is 4.79 Å². The Morgan fingerprint density at radius 2 is 1.71 bits per heavy atom. The van der Waals surface area contributed by atoms with Crippen LogP contribution in [0.3, 0.4) is 0 Å². The van der Waals surface area contributed by atoms with Crippen molar-refractivity contribution < 1.29 is 9.53 Å². The number of nitrogen functional groups attached to an aromatic ring is 2. The molecule has 0 saturated heterocycles. The van der Waals surface area contributed by atoms with Gasteiger partial charge < -0.3 is 21.1 Å². The normalized spacial score (nSPS) is 10.1. The first-order valence-electron chi connectivity index (χ1n) is 6.65. The van der Waals surface area contributed by atoms with Crippen molar-refractivity contribution >= 4 is 17.3 Å². The van der Waals surface area contributed by atoms with E-state index in [-0.39, 0.29) is 5.91 Å². The molecule has 4 N–H and O–H groups in total. The summed E-state index contributed by atoms with van der Waals surface area (Å²) in [6.45, 7) is 0.895. The maximum atomic E-state index is 12.3. The molecule has 0 bridgehead atoms. The van der Waals surface area contributed by atoms with Crippen molar-refractivity contribution in [1.29, 1.82) is 0 Å². The number of para-hydroxylation sites is 1. The van der Waals surface area contributed by atoms with Crippen LogP contribution < -0.4 is 16.2 Å². The Labute approximate surface area is 124 Å². The zero-order chi connectivity index (χ0) is 15.2. The number of anilines is 2. The van der Waals surface area contributed by atoms with Gasteiger partial charge in [-0.25, -0.2) is 0 Å². The highest BCUT2D eigenvalue weighted by Crippen LogP contribution is 2.15. The van der Waals surface area contributed by atoms with Crippen LogP contribution >= 0.6 is 0 Å². The van der Waals surface area contributed by atoms with Gasteiger partial charge in [0.2, 0.25) is 0 Å². The third kappa shape index (κ3) is 4.14. The van der Waals surface area contributed by atoms with Gasteiger partial charge in [0.15, 0.2) is 0 Å². The molecule has 2 aromatic carbocycles. The fourth-order valence-corrected chi connectivity index (χ4v) is 1.94. The molecule has 2 aromatic rings. The molecule has 0 atom stereocenters. The molecule has 0 radical (unpaired) electrons. The van der Waals surface area contributed by atoms with E-state index >= 15 is 0 Å². The monoisotopic (exact) mass is 285 g/mol. The van der Waals surface area contributed by atoms with E-state index in [2.05, 4.69) is 0 Å². The minimum Gasteiger partial charge on any atom is -0.492 e. The zero-order valence-electron chi connectivity index (χ0n) is 12.0. The van der Waals surface area contributed by atoms with E-state index in [9.17, 15) is 4.79 Å². The SMILES string of the molecule is CN(CCOc1ccccc1)C(=O)c1cc(N)cc(N)c1. The fourth-order valence-electron chi connectivity index (χ4n) is 1.94. The maximum absolute atomic E-state index is 12.3. The second-order valence-electron chi connectivity index (χ2n) is 4.78. The number of hydrogen-bond donors (Lipinski definition) is 2. The third-order valence-electron chi connectivity index (χ3n) is 3.01. The molecule has 5 heteroatoms. The number of carbonyl (C=O) groups excluding carboxylic acids is 1. The first kappa shape index (κ1) is 14.7. The molecular weight excluding hydrogens is 266 g/mol. The molecule has 0 aliphatic rings. The number of nitrogens with two attached hydrogens (primary N) is 2. The Balaban J connectivity index is 1.90. The Kier molecular flexibility index (Phi) is 4.66. The predicted molar refractivity (Wildman–Crippen MR) is 84.2 cm³/mol. The molecule has 110 valence electrons. The summed E-state index contributed by atoms with van der Waals surface area (Å²) in [4.78, 5) is 13.8. The summed E-state index contributed by atoms with van der Waals surface area (Å²) in [5.74, 6) is 0.650. The van der Waals surface area contributed by atoms with Crippen LogP contribution in [0.2, 0.25) is 0 Å². The number of amides is 1. The second-order valence-corrected chi connectivity index (χ2v) is 4.78. The number of likely N-dealkylation sites (N-methyl/N-ethyl adjacent to an activating group) is 1. The quantitative estimate of drug-likeness (QED) is 0.823. The zero-order valence-corrected chi connectivity index (χ0v) is 12.0. The number of hydrogen-bond acceptors (Lipinski definition) is 4. The topological polar surface area (TPSA) is 81.6 Å². The van der Waals surface area contributed by atoms with E-state index in [0.717, 1.165) is 5.75 Å². The van der Waals surface area contributed by atoms with Gasteiger partial charge in [-0.1, -0.05) is 18.2 Å². The molecule has 0 aromatic heterocycles. The van der Waals surface area contributed by atoms with Crippen LogP contribution in [0.25, 0.3) is 0 Å². The lowest BCUT2D eigenvalue weighted by Crippen LogP contribution is -2.31. The molecule has 2 rings (SSSR count). The Morgan fingerprint density at radius 1 is 1.10 bits per heavy atom. The number of carbonyl (C=O) groups is 1. The summed E-state index contributed by atoms with van der Waals surface area (Å²) < 4.78 is 5.57. The molecule has 0 fully saturated rings. The van der Waals surface area contributed by atoms with Crippen LogP contribution in [0.5, 0.6) is 5.75 Å². The highest BCUT2D eigenvalue weighted by Gasteiger charge is 2.12. The molecular formula is C16H19N3O2. The molecule has 0 aliphatic heterocycles. The molecule has 0 spiro atoms. The van der Waals surface area contributed by atoms with Crippen LogP contribution in [-0.4, -0.2) is 31.0 Å². The first-order chi connectivity index (χ1) is 10.1. The van der Waals surface area contributed by atoms with Gasteiger partial charge in [-0.15, -0.1) is 0 Å². The summed E-state index contributed by atoms with van der Waals surface area (Å²) >= 11 is 0. The fraction of sp³-hybridized carbons (Fsp3) is 0.188. The van der Waals surface area contributed by atoms with Crippen LogP contribution in [0, 0.1) is 0 Å². The predicted octanol–water partition coefficient (Wildman–Crippen LogP) is 2.00. The van der Waals surface area contributed by atoms with Crippen molar-refractivity contribution in [2.75, 3.05) is 31.7 Å². The minimum absolute atomic E-state index is 0.134. The molecule has 0 unspecified atom stereocenters. The number of ether oxygens (including phenoxy) is 1. The van der Waals surface area contributed by atoms with Crippen LogP contribution in [0.15, 0.2) is 48.5 Å². The van der Waals surface area contributed by atoms with Gasteiger partial charge in [0, 0.05) is 24.0 Å². The van der Waals surface area contributed by atoms with Gasteiger partial charge in [0.05, 0.1) is 6.54 Å².